The minimum atomic E-state index is -0.315. The Morgan fingerprint density at radius 3 is 1.90 bits per heavy atom. The summed E-state index contributed by atoms with van der Waals surface area (Å²) >= 11 is 0. The van der Waals surface area contributed by atoms with Gasteiger partial charge in [0.15, 0.2) is 0 Å². The standard InChI is InChI=1S/C23H30FN3O3/c24-20-8-6-17(7-9-20)15-21(28)27-10-2-5-19(16-27)23(30)26-13-11-25(12-14-26)22(29)18-3-1-4-18/h6-9,18-19H,1-5,10-16H2. The van der Waals surface area contributed by atoms with Crippen molar-refractivity contribution in [3.63, 3.8) is 0 Å². The molecule has 3 fully saturated rings. The Balaban J connectivity index is 1.27. The second kappa shape index (κ2) is 9.14. The molecule has 6 nitrogen and oxygen atoms in total. The van der Waals surface area contributed by atoms with Gasteiger partial charge in [-0.25, -0.2) is 4.39 Å². The summed E-state index contributed by atoms with van der Waals surface area (Å²) in [6.07, 6.45) is 4.98. The van der Waals surface area contributed by atoms with Crippen LogP contribution in [-0.4, -0.2) is 71.7 Å². The number of hydrogen-bond donors (Lipinski definition) is 0. The van der Waals surface area contributed by atoms with E-state index in [2.05, 4.69) is 0 Å². The molecule has 30 heavy (non-hydrogen) atoms. The van der Waals surface area contributed by atoms with Crippen molar-refractivity contribution in [3.8, 4) is 0 Å². The van der Waals surface area contributed by atoms with Gasteiger partial charge in [-0.1, -0.05) is 18.6 Å². The number of carbonyl (C=O) groups excluding carboxylic acids is 3. The number of amides is 3. The minimum Gasteiger partial charge on any atom is -0.342 e. The molecule has 1 unspecified atom stereocenters. The van der Waals surface area contributed by atoms with Crippen LogP contribution in [0.1, 0.15) is 37.7 Å². The van der Waals surface area contributed by atoms with Crippen LogP contribution in [0.5, 0.6) is 0 Å². The first-order valence-corrected chi connectivity index (χ1v) is 11.1. The van der Waals surface area contributed by atoms with Crippen LogP contribution in [0.15, 0.2) is 24.3 Å². The molecule has 1 aliphatic carbocycles. The van der Waals surface area contributed by atoms with Crippen molar-refractivity contribution in [1.82, 2.24) is 14.7 Å². The van der Waals surface area contributed by atoms with Crippen LogP contribution in [0.25, 0.3) is 0 Å². The quantitative estimate of drug-likeness (QED) is 0.757. The van der Waals surface area contributed by atoms with Crippen molar-refractivity contribution < 1.29 is 18.8 Å². The Hall–Kier alpha value is -2.44. The van der Waals surface area contributed by atoms with Gasteiger partial charge in [-0.3, -0.25) is 14.4 Å². The van der Waals surface area contributed by atoms with Crippen molar-refractivity contribution in [2.75, 3.05) is 39.3 Å². The third kappa shape index (κ3) is 4.65. The first-order chi connectivity index (χ1) is 14.5. The molecule has 1 saturated carbocycles. The molecule has 0 spiro atoms. The number of likely N-dealkylation sites (tertiary alicyclic amines) is 1. The molecule has 0 bridgehead atoms. The van der Waals surface area contributed by atoms with E-state index in [1.807, 2.05) is 9.80 Å². The highest BCUT2D eigenvalue weighted by Gasteiger charge is 2.35. The lowest BCUT2D eigenvalue weighted by atomic mass is 9.84. The molecule has 2 heterocycles. The highest BCUT2D eigenvalue weighted by Crippen LogP contribution is 2.29. The lowest BCUT2D eigenvalue weighted by Gasteiger charge is -2.40. The number of halogens is 1. The molecule has 4 rings (SSSR count). The molecule has 7 heteroatoms. The summed E-state index contributed by atoms with van der Waals surface area (Å²) in [5.74, 6) is 0.0454. The van der Waals surface area contributed by atoms with Crippen molar-refractivity contribution >= 4 is 17.7 Å². The molecule has 2 saturated heterocycles. The Morgan fingerprint density at radius 2 is 1.33 bits per heavy atom. The molecule has 0 radical (unpaired) electrons. The summed E-state index contributed by atoms with van der Waals surface area (Å²) in [5.41, 5.74) is 0.780. The number of nitrogens with zero attached hydrogens (tertiary/aromatic N) is 3. The maximum absolute atomic E-state index is 13.1. The Morgan fingerprint density at radius 1 is 0.767 bits per heavy atom. The van der Waals surface area contributed by atoms with Crippen molar-refractivity contribution in [3.05, 3.63) is 35.6 Å². The van der Waals surface area contributed by atoms with E-state index in [0.29, 0.717) is 39.3 Å². The van der Waals surface area contributed by atoms with E-state index in [0.717, 1.165) is 37.7 Å². The van der Waals surface area contributed by atoms with Crippen LogP contribution in [-0.2, 0) is 20.8 Å². The van der Waals surface area contributed by atoms with E-state index < -0.39 is 0 Å². The number of piperidine rings is 1. The molecular weight excluding hydrogens is 385 g/mol. The smallest absolute Gasteiger partial charge is 0.227 e. The van der Waals surface area contributed by atoms with Gasteiger partial charge in [-0.15, -0.1) is 0 Å². The number of benzene rings is 1. The molecule has 3 amide bonds. The molecule has 3 aliphatic rings. The molecule has 1 aromatic rings. The van der Waals surface area contributed by atoms with Gasteiger partial charge in [-0.2, -0.15) is 0 Å². The fraction of sp³-hybridized carbons (Fsp3) is 0.609. The average Bonchev–Trinajstić information content (AvgIpc) is 2.74. The number of piperazine rings is 1. The second-order valence-electron chi connectivity index (χ2n) is 8.76. The van der Waals surface area contributed by atoms with Gasteiger partial charge in [0.2, 0.25) is 17.7 Å². The summed E-state index contributed by atoms with van der Waals surface area (Å²) < 4.78 is 13.1. The first-order valence-electron chi connectivity index (χ1n) is 11.1. The number of rotatable bonds is 4. The summed E-state index contributed by atoms with van der Waals surface area (Å²) in [4.78, 5) is 43.7. The van der Waals surface area contributed by atoms with Crippen molar-refractivity contribution in [1.29, 1.82) is 0 Å². The fourth-order valence-corrected chi connectivity index (χ4v) is 4.61. The van der Waals surface area contributed by atoms with Gasteiger partial charge in [-0.05, 0) is 43.4 Å². The highest BCUT2D eigenvalue weighted by atomic mass is 19.1. The van der Waals surface area contributed by atoms with Crippen molar-refractivity contribution in [2.45, 2.75) is 38.5 Å². The Bertz CT molecular complexity index is 785. The van der Waals surface area contributed by atoms with E-state index >= 15 is 0 Å². The number of hydrogen-bond acceptors (Lipinski definition) is 3. The third-order valence-corrected chi connectivity index (χ3v) is 6.75. The fourth-order valence-electron chi connectivity index (χ4n) is 4.61. The van der Waals surface area contributed by atoms with E-state index in [-0.39, 0.29) is 41.8 Å². The SMILES string of the molecule is O=C(Cc1ccc(F)cc1)N1CCCC(C(=O)N2CCN(C(=O)C3CCC3)CC2)C1. The van der Waals surface area contributed by atoms with E-state index in [1.54, 1.807) is 17.0 Å². The zero-order valence-electron chi connectivity index (χ0n) is 17.4. The van der Waals surface area contributed by atoms with Gasteiger partial charge in [0, 0.05) is 45.2 Å². The Kier molecular flexibility index (Phi) is 6.35. The molecule has 2 aliphatic heterocycles. The lowest BCUT2D eigenvalue weighted by Crippen LogP contribution is -2.55. The second-order valence-corrected chi connectivity index (χ2v) is 8.76. The van der Waals surface area contributed by atoms with Crippen LogP contribution in [0.4, 0.5) is 4.39 Å². The van der Waals surface area contributed by atoms with E-state index in [1.165, 1.54) is 12.1 Å². The molecule has 162 valence electrons. The predicted octanol–water partition coefficient (Wildman–Crippen LogP) is 2.08. The van der Waals surface area contributed by atoms with Gasteiger partial charge in [0.25, 0.3) is 0 Å². The zero-order valence-corrected chi connectivity index (χ0v) is 17.4. The van der Waals surface area contributed by atoms with E-state index in [4.69, 9.17) is 0 Å². The minimum absolute atomic E-state index is 0.0185. The molecule has 1 aromatic carbocycles. The molecule has 0 aromatic heterocycles. The zero-order chi connectivity index (χ0) is 21.1. The highest BCUT2D eigenvalue weighted by molar-refractivity contribution is 5.83. The van der Waals surface area contributed by atoms with Crippen LogP contribution < -0.4 is 0 Å². The maximum atomic E-state index is 13.1. The summed E-state index contributed by atoms with van der Waals surface area (Å²) in [5, 5.41) is 0. The van der Waals surface area contributed by atoms with Gasteiger partial charge >= 0.3 is 0 Å². The predicted molar refractivity (Wildman–Crippen MR) is 110 cm³/mol. The summed E-state index contributed by atoms with van der Waals surface area (Å²) in [6.45, 7) is 3.49. The normalized spacial score (nSPS) is 22.6. The molecule has 0 N–H and O–H groups in total. The third-order valence-electron chi connectivity index (χ3n) is 6.75. The molecule has 1 atom stereocenters. The summed E-state index contributed by atoms with van der Waals surface area (Å²) in [6, 6.07) is 5.98. The van der Waals surface area contributed by atoms with Crippen LogP contribution in [0.3, 0.4) is 0 Å². The molecular formula is C23H30FN3O3. The first kappa shape index (κ1) is 20.8. The van der Waals surface area contributed by atoms with Crippen LogP contribution >= 0.6 is 0 Å². The van der Waals surface area contributed by atoms with Gasteiger partial charge in [0.05, 0.1) is 12.3 Å². The Labute approximate surface area is 177 Å². The van der Waals surface area contributed by atoms with Gasteiger partial charge in [0.1, 0.15) is 5.82 Å². The monoisotopic (exact) mass is 415 g/mol. The summed E-state index contributed by atoms with van der Waals surface area (Å²) in [7, 11) is 0. The lowest BCUT2D eigenvalue weighted by molar-refractivity contribution is -0.147. The van der Waals surface area contributed by atoms with Crippen molar-refractivity contribution in [2.24, 2.45) is 11.8 Å². The largest absolute Gasteiger partial charge is 0.342 e. The number of carbonyl (C=O) groups is 3. The van der Waals surface area contributed by atoms with Gasteiger partial charge < -0.3 is 14.7 Å². The topological polar surface area (TPSA) is 60.9 Å². The van der Waals surface area contributed by atoms with Crippen LogP contribution in [0, 0.1) is 17.7 Å². The van der Waals surface area contributed by atoms with Crippen LogP contribution in [0.2, 0.25) is 0 Å². The van der Waals surface area contributed by atoms with E-state index in [9.17, 15) is 18.8 Å². The maximum Gasteiger partial charge on any atom is 0.227 e. The average molecular weight is 416 g/mol.